The van der Waals surface area contributed by atoms with Crippen LogP contribution >= 0.6 is 15.2 Å². The predicted octanol–water partition coefficient (Wildman–Crippen LogP) is -5.47. The van der Waals surface area contributed by atoms with Gasteiger partial charge in [-0.1, -0.05) is 10.3 Å². The van der Waals surface area contributed by atoms with Gasteiger partial charge in [0.2, 0.25) is 0 Å². The zero-order chi connectivity index (χ0) is 15.8. The van der Waals surface area contributed by atoms with Gasteiger partial charge < -0.3 is 33.8 Å². The van der Waals surface area contributed by atoms with E-state index in [1.165, 1.54) is 0 Å². The molecule has 10 nitrogen and oxygen atoms in total. The zero-order valence-corrected chi connectivity index (χ0v) is 18.8. The van der Waals surface area contributed by atoms with Gasteiger partial charge in [0.15, 0.2) is 5.45 Å². The average Bonchev–Trinajstić information content (AvgIpc) is 2.40. The van der Waals surface area contributed by atoms with Gasteiger partial charge in [0.1, 0.15) is 0 Å². The maximum absolute atomic E-state index is 11.9. The summed E-state index contributed by atoms with van der Waals surface area (Å²) in [7, 11) is -6.48. The van der Waals surface area contributed by atoms with E-state index >= 15 is 0 Å². The molecule has 0 rings (SSSR count). The first-order valence-electron chi connectivity index (χ1n) is 5.41. The molecule has 0 saturated carbocycles. The second-order valence-electron chi connectivity index (χ2n) is 3.60. The van der Waals surface area contributed by atoms with Gasteiger partial charge in [-0.05, 0) is 26.9 Å². The molecule has 22 heavy (non-hydrogen) atoms. The summed E-state index contributed by atoms with van der Waals surface area (Å²) < 4.78 is 31.8. The summed E-state index contributed by atoms with van der Waals surface area (Å²) in [6.45, 7) is 0. The van der Waals surface area contributed by atoms with Crippen molar-refractivity contribution < 1.29 is 97.5 Å². The van der Waals surface area contributed by atoms with E-state index in [1.54, 1.807) is 0 Å². The van der Waals surface area contributed by atoms with E-state index in [9.17, 15) is 18.9 Å². The molecule has 0 amide bonds. The van der Waals surface area contributed by atoms with Crippen LogP contribution in [0.3, 0.4) is 0 Å². The van der Waals surface area contributed by atoms with E-state index in [0.717, 1.165) is 14.2 Å². The van der Waals surface area contributed by atoms with Crippen molar-refractivity contribution in [3.63, 3.8) is 0 Å². The predicted molar refractivity (Wildman–Crippen MR) is 66.1 cm³/mol. The number of hydrogen-bond acceptors (Lipinski definition) is 10. The topological polar surface area (TPSA) is 164 Å². The number of oxime groups is 2. The first-order valence-corrected chi connectivity index (χ1v) is 8.50. The molecule has 0 bridgehead atoms. The summed E-state index contributed by atoms with van der Waals surface area (Å²) >= 11 is 0. The van der Waals surface area contributed by atoms with Gasteiger partial charge in [-0.15, -0.1) is 0 Å². The van der Waals surface area contributed by atoms with Crippen molar-refractivity contribution >= 4 is 26.1 Å². The number of unbranched alkanes of at least 4 members (excludes halogenated alkanes) is 1. The van der Waals surface area contributed by atoms with Gasteiger partial charge in [0.25, 0.3) is 0 Å². The molecule has 0 aliphatic rings. The third-order valence-electron chi connectivity index (χ3n) is 2.39. The van der Waals surface area contributed by atoms with Crippen molar-refractivity contribution in [2.24, 2.45) is 10.3 Å². The minimum Gasteiger partial charge on any atom is -0.806 e. The van der Waals surface area contributed by atoms with E-state index in [-0.39, 0.29) is 90.3 Å². The van der Waals surface area contributed by atoms with Crippen molar-refractivity contribution in [2.45, 2.75) is 25.7 Å². The Hall–Kier alpha value is 1.24. The van der Waals surface area contributed by atoms with Crippen LogP contribution < -0.4 is 68.9 Å². The van der Waals surface area contributed by atoms with Gasteiger partial charge in [-0.3, -0.25) is 4.57 Å². The Labute approximate surface area is 172 Å². The Morgan fingerprint density at radius 1 is 0.955 bits per heavy atom. The number of nitrogens with zero attached hydrogens (tertiary/aromatic N) is 2. The monoisotopic (exact) mass is 376 g/mol. The van der Waals surface area contributed by atoms with Crippen LogP contribution in [0.25, 0.3) is 0 Å². The molecule has 118 valence electrons. The summed E-state index contributed by atoms with van der Waals surface area (Å²) in [5.74, 6) is 0. The first kappa shape index (κ1) is 28.1. The van der Waals surface area contributed by atoms with Gasteiger partial charge in [-0.25, -0.2) is 0 Å². The van der Waals surface area contributed by atoms with Crippen LogP contribution in [-0.2, 0) is 18.2 Å². The Balaban J connectivity index is -0.00000180. The van der Waals surface area contributed by atoms with E-state index in [2.05, 4.69) is 19.4 Å². The molecule has 2 N–H and O–H groups in total. The minimum atomic E-state index is -5.07. The first-order chi connectivity index (χ1) is 9.25. The molecule has 14 heteroatoms. The van der Waals surface area contributed by atoms with Crippen LogP contribution in [0.1, 0.15) is 25.7 Å². The van der Waals surface area contributed by atoms with Crippen LogP contribution in [0, 0.1) is 0 Å². The molecule has 0 heterocycles. The second kappa shape index (κ2) is 13.5. The van der Waals surface area contributed by atoms with Gasteiger partial charge >= 0.3 is 66.7 Å². The maximum Gasteiger partial charge on any atom is 1.00 e. The molecule has 0 aromatic carbocycles. The Morgan fingerprint density at radius 2 is 1.32 bits per heavy atom. The quantitative estimate of drug-likeness (QED) is 0.100. The van der Waals surface area contributed by atoms with Crippen LogP contribution in [0.2, 0.25) is 0 Å². The average molecular weight is 376 g/mol. The third kappa shape index (κ3) is 9.52. The van der Waals surface area contributed by atoms with Crippen molar-refractivity contribution in [1.29, 1.82) is 0 Å². The summed E-state index contributed by atoms with van der Waals surface area (Å²) in [6.07, 6.45) is 0.0787. The normalized spacial score (nSPS) is 13.3. The third-order valence-corrected chi connectivity index (χ3v) is 5.25. The summed E-state index contributed by atoms with van der Waals surface area (Å²) in [5.41, 5.74) is -1.08. The summed E-state index contributed by atoms with van der Waals surface area (Å²) in [6, 6.07) is 0. The summed E-state index contributed by atoms with van der Waals surface area (Å²) in [5, 5.41) is 22.4. The SMILES string of the molecule is COP(=O)(OC)/C(CCCC/C(=N/O)P(=O)([O-])[O-])=N\O.[Na+].[Na+]. The Bertz CT molecular complexity index is 459. The largest absolute Gasteiger partial charge is 1.00 e. The fourth-order valence-corrected chi connectivity index (χ4v) is 2.99. The van der Waals surface area contributed by atoms with Crippen molar-refractivity contribution in [3.05, 3.63) is 0 Å². The number of hydrogen-bond donors (Lipinski definition) is 2. The van der Waals surface area contributed by atoms with E-state index < -0.39 is 20.6 Å². The van der Waals surface area contributed by atoms with Crippen molar-refractivity contribution in [2.75, 3.05) is 14.2 Å². The molecule has 0 aromatic heterocycles. The molecule has 0 aliphatic carbocycles. The fraction of sp³-hybridized carbons (Fsp3) is 0.750. The van der Waals surface area contributed by atoms with Crippen LogP contribution in [0.15, 0.2) is 10.3 Å². The minimum absolute atomic E-state index is 0. The molecule has 0 aromatic rings. The standard InChI is InChI=1S/C8H18N2O8P2.2Na/c1-17-20(16,18-2)8(10-12)6-4-3-5-7(9-11)19(13,14)15;;/h11-12H,3-6H2,1-2H3,(H2,13,14,15);;/q;2*+1/p-2/b9-7-,10-8-;;. The maximum atomic E-state index is 11.9. The van der Waals surface area contributed by atoms with Gasteiger partial charge in [0, 0.05) is 20.6 Å². The van der Waals surface area contributed by atoms with Crippen LogP contribution in [-0.4, -0.2) is 35.5 Å². The molecule has 0 atom stereocenters. The van der Waals surface area contributed by atoms with Crippen LogP contribution in [0.5, 0.6) is 0 Å². The molecule has 0 spiro atoms. The van der Waals surface area contributed by atoms with E-state index in [4.69, 9.17) is 10.4 Å². The van der Waals surface area contributed by atoms with Gasteiger partial charge in [-0.2, -0.15) is 0 Å². The Kier molecular flexibility index (Phi) is 17.2. The van der Waals surface area contributed by atoms with Gasteiger partial charge in [0.05, 0.1) is 5.45 Å². The van der Waals surface area contributed by atoms with Crippen LogP contribution in [0.4, 0.5) is 0 Å². The van der Waals surface area contributed by atoms with Crippen molar-refractivity contribution in [3.8, 4) is 0 Å². The second-order valence-corrected chi connectivity index (χ2v) is 7.35. The molecule has 0 aliphatic heterocycles. The van der Waals surface area contributed by atoms with E-state index in [1.807, 2.05) is 0 Å². The van der Waals surface area contributed by atoms with Crippen molar-refractivity contribution in [1.82, 2.24) is 0 Å². The molecule has 0 unspecified atom stereocenters. The molecular formula is C8H16N2Na2O8P2. The molecule has 0 fully saturated rings. The molecular weight excluding hydrogens is 360 g/mol. The smallest absolute Gasteiger partial charge is 0.806 e. The fourth-order valence-electron chi connectivity index (χ4n) is 1.33. The molecule has 0 radical (unpaired) electrons. The zero-order valence-electron chi connectivity index (χ0n) is 13.0. The summed E-state index contributed by atoms with van der Waals surface area (Å²) in [4.78, 5) is 21.3. The Morgan fingerprint density at radius 3 is 1.59 bits per heavy atom. The van der Waals surface area contributed by atoms with E-state index in [0.29, 0.717) is 0 Å². The number of rotatable bonds is 9. The molecule has 0 saturated heterocycles.